The minimum Gasteiger partial charge on any atom is -1.00 e. The van der Waals surface area contributed by atoms with Crippen molar-refractivity contribution in [2.45, 2.75) is 13.0 Å². The maximum absolute atomic E-state index is 10.8. The number of rotatable bonds is 5. The Bertz CT molecular complexity index is 790. The molecule has 0 radical (unpaired) electrons. The molecule has 1 aromatic carbocycles. The molecule has 3 aromatic rings. The maximum atomic E-state index is 10.8. The van der Waals surface area contributed by atoms with Gasteiger partial charge in [-0.2, -0.15) is 0 Å². The van der Waals surface area contributed by atoms with Crippen molar-refractivity contribution in [1.29, 1.82) is 0 Å². The molecule has 0 saturated carbocycles. The van der Waals surface area contributed by atoms with Gasteiger partial charge in [-0.3, -0.25) is 4.79 Å². The van der Waals surface area contributed by atoms with Crippen LogP contribution >= 0.6 is 11.3 Å². The molecule has 118 valence electrons. The Morgan fingerprint density at radius 3 is 2.61 bits per heavy atom. The Hall–Kier alpha value is -2.24. The van der Waals surface area contributed by atoms with E-state index in [1.54, 1.807) is 0 Å². The molecule has 23 heavy (non-hydrogen) atoms. The van der Waals surface area contributed by atoms with E-state index >= 15 is 0 Å². The molecule has 0 bridgehead atoms. The summed E-state index contributed by atoms with van der Waals surface area (Å²) in [6.45, 7) is 0.755. The Labute approximate surface area is 144 Å². The fourth-order valence-corrected chi connectivity index (χ4v) is 3.15. The summed E-state index contributed by atoms with van der Waals surface area (Å²) in [6.07, 6.45) is 4.01. The third-order valence-corrected chi connectivity index (χ3v) is 4.19. The average molecular weight is 347 g/mol. The van der Waals surface area contributed by atoms with E-state index in [9.17, 15) is 4.79 Å². The molecule has 0 aliphatic heterocycles. The molecular weight excluding hydrogens is 332 g/mol. The van der Waals surface area contributed by atoms with Crippen molar-refractivity contribution >= 4 is 17.3 Å². The van der Waals surface area contributed by atoms with Crippen LogP contribution in [0.4, 0.5) is 0 Å². The van der Waals surface area contributed by atoms with Gasteiger partial charge in [0.2, 0.25) is 0 Å². The van der Waals surface area contributed by atoms with Crippen LogP contribution in [0.3, 0.4) is 0 Å². The Morgan fingerprint density at radius 2 is 1.87 bits per heavy atom. The topological polar surface area (TPSA) is 54.1 Å². The summed E-state index contributed by atoms with van der Waals surface area (Å²) < 4.78 is 2.10. The van der Waals surface area contributed by atoms with Crippen molar-refractivity contribution in [2.24, 2.45) is 0 Å². The SMILES string of the molecule is O=C(O)Cc1csc(-c2ccccc2C[n+]2ccccc2)n1.[Cl-]. The number of nitrogens with zero attached hydrogens (tertiary/aromatic N) is 2. The summed E-state index contributed by atoms with van der Waals surface area (Å²) in [6, 6.07) is 14.1. The van der Waals surface area contributed by atoms with Crippen LogP contribution in [0, 0.1) is 0 Å². The molecule has 0 fully saturated rings. The molecular formula is C17H15ClN2O2S. The van der Waals surface area contributed by atoms with Crippen molar-refractivity contribution in [2.75, 3.05) is 0 Å². The van der Waals surface area contributed by atoms with Gasteiger partial charge in [-0.1, -0.05) is 30.3 Å². The predicted octanol–water partition coefficient (Wildman–Crippen LogP) is -0.223. The van der Waals surface area contributed by atoms with E-state index in [0.29, 0.717) is 5.69 Å². The normalized spacial score (nSPS) is 10.1. The van der Waals surface area contributed by atoms with Crippen LogP contribution in [-0.4, -0.2) is 16.1 Å². The van der Waals surface area contributed by atoms with Crippen LogP contribution in [0.2, 0.25) is 0 Å². The van der Waals surface area contributed by atoms with Gasteiger partial charge in [0.25, 0.3) is 0 Å². The number of halogens is 1. The van der Waals surface area contributed by atoms with Crippen LogP contribution in [-0.2, 0) is 17.8 Å². The highest BCUT2D eigenvalue weighted by Crippen LogP contribution is 2.27. The third kappa shape index (κ3) is 4.37. The van der Waals surface area contributed by atoms with Gasteiger partial charge in [0.15, 0.2) is 18.9 Å². The Morgan fingerprint density at radius 1 is 1.13 bits per heavy atom. The summed E-state index contributed by atoms with van der Waals surface area (Å²) in [5.74, 6) is -0.857. The summed E-state index contributed by atoms with van der Waals surface area (Å²) >= 11 is 1.49. The quantitative estimate of drug-likeness (QED) is 0.650. The molecule has 0 spiro atoms. The Kier molecular flexibility index (Phi) is 5.84. The summed E-state index contributed by atoms with van der Waals surface area (Å²) in [5, 5.41) is 11.5. The molecule has 2 heterocycles. The molecule has 1 N–H and O–H groups in total. The fourth-order valence-electron chi connectivity index (χ4n) is 2.27. The van der Waals surface area contributed by atoms with Crippen LogP contribution < -0.4 is 17.0 Å². The van der Waals surface area contributed by atoms with Crippen molar-refractivity contribution in [1.82, 2.24) is 4.98 Å². The van der Waals surface area contributed by atoms with E-state index in [1.807, 2.05) is 54.2 Å². The number of carbonyl (C=O) groups is 1. The highest BCUT2D eigenvalue weighted by Gasteiger charge is 2.13. The first-order chi connectivity index (χ1) is 10.7. The van der Waals surface area contributed by atoms with Crippen molar-refractivity contribution < 1.29 is 26.9 Å². The van der Waals surface area contributed by atoms with E-state index in [4.69, 9.17) is 5.11 Å². The number of carboxylic acid groups (broad SMARTS) is 1. The first kappa shape index (κ1) is 17.1. The van der Waals surface area contributed by atoms with Gasteiger partial charge < -0.3 is 17.5 Å². The van der Waals surface area contributed by atoms with Crippen LogP contribution in [0.5, 0.6) is 0 Å². The van der Waals surface area contributed by atoms with Crippen LogP contribution in [0.1, 0.15) is 11.3 Å². The van der Waals surface area contributed by atoms with E-state index in [0.717, 1.165) is 22.7 Å². The number of carboxylic acids is 1. The second-order valence-electron chi connectivity index (χ2n) is 4.92. The van der Waals surface area contributed by atoms with E-state index < -0.39 is 5.97 Å². The fraction of sp³-hybridized carbons (Fsp3) is 0.118. The monoisotopic (exact) mass is 346 g/mol. The van der Waals surface area contributed by atoms with Crippen molar-refractivity contribution in [3.63, 3.8) is 0 Å². The number of thiazole rings is 1. The Balaban J connectivity index is 0.00000192. The maximum Gasteiger partial charge on any atom is 0.309 e. The van der Waals surface area contributed by atoms with Crippen LogP contribution in [0.25, 0.3) is 10.6 Å². The van der Waals surface area contributed by atoms with E-state index in [1.165, 1.54) is 11.3 Å². The number of pyridine rings is 1. The highest BCUT2D eigenvalue weighted by molar-refractivity contribution is 7.13. The summed E-state index contributed by atoms with van der Waals surface area (Å²) in [4.78, 5) is 15.2. The molecule has 0 unspecified atom stereocenters. The molecule has 0 aliphatic carbocycles. The number of hydrogen-bond donors (Lipinski definition) is 1. The van der Waals surface area contributed by atoms with Gasteiger partial charge >= 0.3 is 5.97 Å². The smallest absolute Gasteiger partial charge is 0.309 e. The molecule has 0 atom stereocenters. The first-order valence-corrected chi connectivity index (χ1v) is 7.79. The van der Waals surface area contributed by atoms with Crippen molar-refractivity contribution in [3.8, 4) is 10.6 Å². The van der Waals surface area contributed by atoms with Crippen molar-refractivity contribution in [3.05, 3.63) is 71.5 Å². The molecule has 4 nitrogen and oxygen atoms in total. The number of hydrogen-bond acceptors (Lipinski definition) is 3. The molecule has 0 aliphatic rings. The lowest BCUT2D eigenvalue weighted by Gasteiger charge is -2.04. The zero-order valence-electron chi connectivity index (χ0n) is 12.2. The second-order valence-corrected chi connectivity index (χ2v) is 5.78. The summed E-state index contributed by atoms with van der Waals surface area (Å²) in [7, 11) is 0. The first-order valence-electron chi connectivity index (χ1n) is 6.91. The second kappa shape index (κ2) is 7.85. The van der Waals surface area contributed by atoms with Crippen LogP contribution in [0.15, 0.2) is 60.2 Å². The van der Waals surface area contributed by atoms with Gasteiger partial charge in [0.1, 0.15) is 5.01 Å². The lowest BCUT2D eigenvalue weighted by atomic mass is 10.1. The predicted molar refractivity (Wildman–Crippen MR) is 84.6 cm³/mol. The van der Waals surface area contributed by atoms with Gasteiger partial charge in [0, 0.05) is 28.6 Å². The van der Waals surface area contributed by atoms with E-state index in [-0.39, 0.29) is 18.8 Å². The molecule has 0 amide bonds. The number of aromatic nitrogens is 2. The van der Waals surface area contributed by atoms with Gasteiger partial charge in [-0.15, -0.1) is 11.3 Å². The molecule has 0 saturated heterocycles. The minimum absolute atomic E-state index is 0. The summed E-state index contributed by atoms with van der Waals surface area (Å²) in [5.41, 5.74) is 2.82. The zero-order valence-corrected chi connectivity index (χ0v) is 13.8. The molecule has 3 rings (SSSR count). The number of aliphatic carboxylic acids is 1. The average Bonchev–Trinajstić information content (AvgIpc) is 2.96. The third-order valence-electron chi connectivity index (χ3n) is 3.26. The lowest BCUT2D eigenvalue weighted by Crippen LogP contribution is -3.00. The zero-order chi connectivity index (χ0) is 15.4. The van der Waals surface area contributed by atoms with Gasteiger partial charge in [-0.25, -0.2) is 9.55 Å². The van der Waals surface area contributed by atoms with Gasteiger partial charge in [-0.05, 0) is 0 Å². The molecule has 6 heteroatoms. The minimum atomic E-state index is -0.857. The van der Waals surface area contributed by atoms with E-state index in [2.05, 4.69) is 15.6 Å². The van der Waals surface area contributed by atoms with Gasteiger partial charge in [0.05, 0.1) is 12.1 Å². The standard InChI is InChI=1S/C17H14N2O2S.ClH/c20-16(21)10-14-12-22-17(18-14)15-7-3-2-6-13(15)11-19-8-4-1-5-9-19;/h1-9,12H,10-11H2;1H. The largest absolute Gasteiger partial charge is 1.00 e. The lowest BCUT2D eigenvalue weighted by molar-refractivity contribution is -0.688. The highest BCUT2D eigenvalue weighted by atomic mass is 35.5. The molecule has 2 aromatic heterocycles. The number of benzene rings is 1.